The van der Waals surface area contributed by atoms with Crippen LogP contribution in [0.1, 0.15) is 41.5 Å². The van der Waals surface area contributed by atoms with Crippen molar-refractivity contribution in [1.82, 2.24) is 0 Å². The lowest BCUT2D eigenvalue weighted by molar-refractivity contribution is 0.255. The van der Waals surface area contributed by atoms with Crippen LogP contribution in [-0.2, 0) is 0 Å². The fraction of sp³-hybridized carbons (Fsp3) is 0.846. The number of allylic oxidation sites excluding steroid dienone is 2. The fourth-order valence-corrected chi connectivity index (χ4v) is 6.50. The molecule has 6 atom stereocenters. The van der Waals surface area contributed by atoms with Gasteiger partial charge in [0.2, 0.25) is 0 Å². The molecule has 86 valence electrons. The van der Waals surface area contributed by atoms with E-state index in [1.165, 1.54) is 0 Å². The minimum absolute atomic E-state index is 0.315. The molecule has 0 radical (unpaired) electrons. The van der Waals surface area contributed by atoms with Gasteiger partial charge in [-0.2, -0.15) is 0 Å². The molecule has 2 aliphatic carbocycles. The van der Waals surface area contributed by atoms with Crippen LogP contribution >= 0.6 is 18.5 Å². The van der Waals surface area contributed by atoms with Gasteiger partial charge in [0, 0.05) is 0 Å². The van der Waals surface area contributed by atoms with Crippen LogP contribution in [0.15, 0.2) is 11.1 Å². The monoisotopic (exact) mass is 242 g/mol. The fourth-order valence-electron chi connectivity index (χ4n) is 4.81. The lowest BCUT2D eigenvalue weighted by Gasteiger charge is -2.45. The van der Waals surface area contributed by atoms with Gasteiger partial charge in [0.25, 0.3) is 0 Å². The maximum absolute atomic E-state index is 3.14. The first kappa shape index (κ1) is 12.1. The van der Waals surface area contributed by atoms with E-state index in [0.29, 0.717) is 27.6 Å². The van der Waals surface area contributed by atoms with Crippen molar-refractivity contribution in [2.45, 2.75) is 51.9 Å². The molecule has 0 nitrogen and oxygen atoms in total. The van der Waals surface area contributed by atoms with Crippen molar-refractivity contribution >= 4 is 18.5 Å². The van der Waals surface area contributed by atoms with Gasteiger partial charge in [0.05, 0.1) is 0 Å². The minimum Gasteiger partial charge on any atom is -0.130 e. The van der Waals surface area contributed by atoms with E-state index in [4.69, 9.17) is 0 Å². The molecule has 2 aliphatic rings. The van der Waals surface area contributed by atoms with Crippen LogP contribution in [0.3, 0.4) is 0 Å². The molecule has 0 spiro atoms. The molecule has 0 aliphatic heterocycles. The standard InChI is InChI=1S/C13H24P2/c1-7-8(2)10-11(3,4)9(7)12(5,14)13(10,6)15/h9-10H,14-15H2,1-6H3/t9?,10?,12-,13-/m1/s1. The third-order valence-electron chi connectivity index (χ3n) is 5.34. The molecule has 2 heteroatoms. The lowest BCUT2D eigenvalue weighted by atomic mass is 9.77. The van der Waals surface area contributed by atoms with Crippen LogP contribution in [0.4, 0.5) is 0 Å². The summed E-state index contributed by atoms with van der Waals surface area (Å²) in [5, 5.41) is 0.630. The highest BCUT2D eigenvalue weighted by Gasteiger charge is 2.68. The van der Waals surface area contributed by atoms with Gasteiger partial charge in [-0.05, 0) is 41.4 Å². The summed E-state index contributed by atoms with van der Waals surface area (Å²) in [6, 6.07) is 0. The van der Waals surface area contributed by atoms with Gasteiger partial charge in [-0.25, -0.2) is 0 Å². The van der Waals surface area contributed by atoms with E-state index in [-0.39, 0.29) is 0 Å². The van der Waals surface area contributed by atoms with E-state index in [0.717, 1.165) is 0 Å². The SMILES string of the molecule is CC1=C(C)C2C(C)(C)C1[C@@](C)(P)[C@]2(C)P. The Labute approximate surface area is 99.1 Å². The summed E-state index contributed by atoms with van der Waals surface area (Å²) >= 11 is 0. The Hall–Kier alpha value is 0.600. The lowest BCUT2D eigenvalue weighted by Crippen LogP contribution is -2.45. The molecule has 0 aromatic heterocycles. The van der Waals surface area contributed by atoms with Gasteiger partial charge in [0.1, 0.15) is 0 Å². The predicted molar refractivity (Wildman–Crippen MR) is 75.4 cm³/mol. The molecule has 15 heavy (non-hydrogen) atoms. The molecule has 2 rings (SSSR count). The molecule has 0 N–H and O–H groups in total. The van der Waals surface area contributed by atoms with Gasteiger partial charge < -0.3 is 0 Å². The van der Waals surface area contributed by atoms with E-state index >= 15 is 0 Å². The van der Waals surface area contributed by atoms with E-state index in [9.17, 15) is 0 Å². The molecular formula is C13H24P2. The minimum atomic E-state index is 0.315. The zero-order valence-corrected chi connectivity index (χ0v) is 13.1. The quantitative estimate of drug-likeness (QED) is 0.447. The second kappa shape index (κ2) is 2.88. The van der Waals surface area contributed by atoms with E-state index in [1.807, 2.05) is 0 Å². The van der Waals surface area contributed by atoms with Gasteiger partial charge in [-0.1, -0.05) is 38.8 Å². The average Bonchev–Trinajstić information content (AvgIpc) is 2.22. The summed E-state index contributed by atoms with van der Waals surface area (Å²) in [4.78, 5) is 0. The highest BCUT2D eigenvalue weighted by Crippen LogP contribution is 2.73. The first-order chi connectivity index (χ1) is 6.56. The zero-order chi connectivity index (χ0) is 11.8. The van der Waals surface area contributed by atoms with Crippen LogP contribution in [0, 0.1) is 17.3 Å². The van der Waals surface area contributed by atoms with Crippen LogP contribution in [-0.4, -0.2) is 10.3 Å². The highest BCUT2D eigenvalue weighted by atomic mass is 31.0. The second-order valence-corrected chi connectivity index (χ2v) is 9.02. The maximum atomic E-state index is 3.14. The molecular weight excluding hydrogens is 218 g/mol. The summed E-state index contributed by atoms with van der Waals surface area (Å²) in [5.74, 6) is 1.42. The van der Waals surface area contributed by atoms with Crippen molar-refractivity contribution in [2.24, 2.45) is 17.3 Å². The molecule has 0 aromatic carbocycles. The van der Waals surface area contributed by atoms with Crippen LogP contribution < -0.4 is 0 Å². The molecule has 4 unspecified atom stereocenters. The Kier molecular flexibility index (Phi) is 2.32. The topological polar surface area (TPSA) is 0 Å². The first-order valence-corrected chi connectivity index (χ1v) is 6.96. The summed E-state index contributed by atoms with van der Waals surface area (Å²) in [6.07, 6.45) is 0. The molecule has 2 bridgehead atoms. The maximum Gasteiger partial charge on any atom is -0.00142 e. The van der Waals surface area contributed by atoms with Crippen LogP contribution in [0.2, 0.25) is 0 Å². The third kappa shape index (κ3) is 1.11. The molecule has 0 aromatic rings. The Bertz CT molecular complexity index is 316. The number of rotatable bonds is 0. The van der Waals surface area contributed by atoms with E-state index < -0.39 is 0 Å². The number of hydrogen-bond donors (Lipinski definition) is 0. The Balaban J connectivity index is 2.68. The van der Waals surface area contributed by atoms with E-state index in [1.54, 1.807) is 11.1 Å². The molecule has 1 fully saturated rings. The van der Waals surface area contributed by atoms with Gasteiger partial charge >= 0.3 is 0 Å². The average molecular weight is 242 g/mol. The van der Waals surface area contributed by atoms with Crippen LogP contribution in [0.5, 0.6) is 0 Å². The van der Waals surface area contributed by atoms with Crippen molar-refractivity contribution in [3.05, 3.63) is 11.1 Å². The second-order valence-electron chi connectivity index (χ2n) is 6.62. The normalized spacial score (nSPS) is 52.8. The first-order valence-electron chi connectivity index (χ1n) is 5.81. The number of fused-ring (bicyclic) bond motifs is 2. The smallest absolute Gasteiger partial charge is 0.00142 e. The van der Waals surface area contributed by atoms with Crippen molar-refractivity contribution in [3.63, 3.8) is 0 Å². The third-order valence-corrected chi connectivity index (χ3v) is 7.58. The van der Waals surface area contributed by atoms with Crippen LogP contribution in [0.25, 0.3) is 0 Å². The largest absolute Gasteiger partial charge is 0.130 e. The molecule has 0 heterocycles. The molecule has 0 saturated heterocycles. The summed E-state index contributed by atoms with van der Waals surface area (Å²) in [5.41, 5.74) is 3.70. The zero-order valence-electron chi connectivity index (χ0n) is 10.8. The highest BCUT2D eigenvalue weighted by molar-refractivity contribution is 7.25. The Morgan fingerprint density at radius 1 is 0.800 bits per heavy atom. The number of hydrogen-bond acceptors (Lipinski definition) is 0. The summed E-state index contributed by atoms with van der Waals surface area (Å²) in [7, 11) is 6.28. The Morgan fingerprint density at radius 2 is 1.07 bits per heavy atom. The van der Waals surface area contributed by atoms with Gasteiger partial charge in [0.15, 0.2) is 0 Å². The van der Waals surface area contributed by atoms with Gasteiger partial charge in [-0.3, -0.25) is 0 Å². The van der Waals surface area contributed by atoms with Crippen molar-refractivity contribution in [2.75, 3.05) is 0 Å². The summed E-state index contributed by atoms with van der Waals surface area (Å²) < 4.78 is 0. The van der Waals surface area contributed by atoms with Crippen molar-refractivity contribution in [3.8, 4) is 0 Å². The Morgan fingerprint density at radius 3 is 1.27 bits per heavy atom. The van der Waals surface area contributed by atoms with E-state index in [2.05, 4.69) is 60.0 Å². The van der Waals surface area contributed by atoms with Crippen molar-refractivity contribution in [1.29, 1.82) is 0 Å². The molecule has 0 amide bonds. The van der Waals surface area contributed by atoms with Crippen molar-refractivity contribution < 1.29 is 0 Å². The predicted octanol–water partition coefficient (Wildman–Crippen LogP) is 3.88. The summed E-state index contributed by atoms with van der Waals surface area (Å²) in [6.45, 7) is 14.4. The molecule has 1 saturated carbocycles. The van der Waals surface area contributed by atoms with Gasteiger partial charge in [-0.15, -0.1) is 18.5 Å².